The number of alkyl halides is 3. The first-order valence-electron chi connectivity index (χ1n) is 4.65. The van der Waals surface area contributed by atoms with Crippen LogP contribution in [0.1, 0.15) is 5.56 Å². The molecule has 0 aliphatic heterocycles. The molecule has 0 saturated heterocycles. The van der Waals surface area contributed by atoms with Crippen LogP contribution in [0.15, 0.2) is 17.0 Å². The third-order valence-corrected chi connectivity index (χ3v) is 3.92. The number of nitrogens with one attached hydrogen (secondary N) is 1. The molecule has 102 valence electrons. The summed E-state index contributed by atoms with van der Waals surface area (Å²) in [5.41, 5.74) is 5.61. The van der Waals surface area contributed by atoms with Crippen molar-refractivity contribution >= 4 is 27.3 Å². The topological polar surface area (TPSA) is 72.2 Å². The van der Waals surface area contributed by atoms with Gasteiger partial charge in [-0.3, -0.25) is 0 Å². The van der Waals surface area contributed by atoms with E-state index in [1.54, 1.807) is 0 Å². The molecule has 0 fully saturated rings. The largest absolute Gasteiger partial charge is 0.402 e. The van der Waals surface area contributed by atoms with Gasteiger partial charge in [-0.15, -0.1) is 0 Å². The number of halogens is 4. The van der Waals surface area contributed by atoms with Crippen LogP contribution in [0.2, 0.25) is 5.02 Å². The highest BCUT2D eigenvalue weighted by molar-refractivity contribution is 7.89. The number of rotatable bonds is 3. The molecule has 0 amide bonds. The van der Waals surface area contributed by atoms with Gasteiger partial charge in [-0.2, -0.15) is 13.2 Å². The zero-order valence-corrected chi connectivity index (χ0v) is 10.7. The normalized spacial score (nSPS) is 12.7. The summed E-state index contributed by atoms with van der Waals surface area (Å²) in [5.74, 6) is 0. The van der Waals surface area contributed by atoms with Crippen molar-refractivity contribution in [3.63, 3.8) is 0 Å². The molecule has 0 aromatic heterocycles. The molecule has 9 heteroatoms. The molecule has 0 unspecified atom stereocenters. The van der Waals surface area contributed by atoms with E-state index in [1.165, 1.54) is 17.7 Å². The minimum absolute atomic E-state index is 0.0188. The van der Waals surface area contributed by atoms with Crippen LogP contribution in [-0.4, -0.2) is 21.1 Å². The number of aryl methyl sites for hydroxylation is 1. The highest BCUT2D eigenvalue weighted by Crippen LogP contribution is 2.26. The Labute approximate surface area is 107 Å². The van der Waals surface area contributed by atoms with Crippen molar-refractivity contribution in [1.29, 1.82) is 0 Å². The summed E-state index contributed by atoms with van der Waals surface area (Å²) in [6.07, 6.45) is -4.63. The Morgan fingerprint density at radius 1 is 1.39 bits per heavy atom. The van der Waals surface area contributed by atoms with Gasteiger partial charge in [0, 0.05) is 0 Å². The SMILES string of the molecule is Cc1cc(Cl)c(N)cc1S(=O)(=O)NCC(F)(F)F. The number of nitrogen functional groups attached to an aromatic ring is 1. The van der Waals surface area contributed by atoms with Crippen LogP contribution in [0.3, 0.4) is 0 Å². The van der Waals surface area contributed by atoms with Gasteiger partial charge in [0.2, 0.25) is 10.0 Å². The maximum Gasteiger partial charge on any atom is 0.402 e. The van der Waals surface area contributed by atoms with E-state index in [2.05, 4.69) is 0 Å². The molecule has 1 aromatic rings. The Morgan fingerprint density at radius 2 is 1.94 bits per heavy atom. The molecule has 18 heavy (non-hydrogen) atoms. The highest BCUT2D eigenvalue weighted by atomic mass is 35.5. The van der Waals surface area contributed by atoms with Crippen molar-refractivity contribution in [2.45, 2.75) is 18.0 Å². The summed E-state index contributed by atoms with van der Waals surface area (Å²) >= 11 is 5.67. The number of anilines is 1. The van der Waals surface area contributed by atoms with Crippen molar-refractivity contribution in [3.8, 4) is 0 Å². The van der Waals surface area contributed by atoms with Crippen molar-refractivity contribution < 1.29 is 21.6 Å². The lowest BCUT2D eigenvalue weighted by Crippen LogP contribution is -2.34. The zero-order chi connectivity index (χ0) is 14.1. The Bertz CT molecular complexity index is 558. The van der Waals surface area contributed by atoms with Gasteiger partial charge in [-0.25, -0.2) is 13.1 Å². The molecule has 0 atom stereocenters. The van der Waals surface area contributed by atoms with Crippen LogP contribution in [0, 0.1) is 6.92 Å². The van der Waals surface area contributed by atoms with Crippen molar-refractivity contribution in [3.05, 3.63) is 22.7 Å². The van der Waals surface area contributed by atoms with Crippen LogP contribution < -0.4 is 10.5 Å². The molecule has 0 bridgehead atoms. The Kier molecular flexibility index (Phi) is 4.14. The van der Waals surface area contributed by atoms with Gasteiger partial charge >= 0.3 is 6.18 Å². The third-order valence-electron chi connectivity index (χ3n) is 2.05. The average molecular weight is 303 g/mol. The van der Waals surface area contributed by atoms with Gasteiger partial charge in [0.15, 0.2) is 0 Å². The highest BCUT2D eigenvalue weighted by Gasteiger charge is 2.30. The Morgan fingerprint density at radius 3 is 2.44 bits per heavy atom. The second kappa shape index (κ2) is 4.94. The molecular weight excluding hydrogens is 293 g/mol. The number of benzene rings is 1. The smallest absolute Gasteiger partial charge is 0.397 e. The number of hydrogen-bond acceptors (Lipinski definition) is 3. The summed E-state index contributed by atoms with van der Waals surface area (Å²) in [4.78, 5) is -0.325. The van der Waals surface area contributed by atoms with Crippen molar-refractivity contribution in [1.82, 2.24) is 4.72 Å². The predicted octanol–water partition coefficient (Wildman–Crippen LogP) is 2.07. The maximum atomic E-state index is 12.0. The standard InChI is InChI=1S/C9H10ClF3N2O2S/c1-5-2-6(10)7(14)3-8(5)18(16,17)15-4-9(11,12)13/h2-3,15H,4,14H2,1H3. The lowest BCUT2D eigenvalue weighted by Gasteiger charge is -2.12. The Balaban J connectivity index is 3.10. The first-order valence-corrected chi connectivity index (χ1v) is 6.51. The van der Waals surface area contributed by atoms with Gasteiger partial charge in [0.25, 0.3) is 0 Å². The minimum Gasteiger partial charge on any atom is -0.397 e. The summed E-state index contributed by atoms with van der Waals surface area (Å²) in [5, 5.41) is 0.141. The molecule has 0 aliphatic rings. The van der Waals surface area contributed by atoms with E-state index < -0.39 is 22.7 Å². The third kappa shape index (κ3) is 3.76. The van der Waals surface area contributed by atoms with E-state index >= 15 is 0 Å². The molecule has 0 radical (unpaired) electrons. The summed E-state index contributed by atoms with van der Waals surface area (Å²) < 4.78 is 60.7. The van der Waals surface area contributed by atoms with E-state index in [0.29, 0.717) is 0 Å². The van der Waals surface area contributed by atoms with E-state index in [0.717, 1.165) is 6.07 Å². The summed E-state index contributed by atoms with van der Waals surface area (Å²) in [6.45, 7) is -0.231. The fourth-order valence-electron chi connectivity index (χ4n) is 1.21. The monoisotopic (exact) mass is 302 g/mol. The predicted molar refractivity (Wildman–Crippen MR) is 61.8 cm³/mol. The van der Waals surface area contributed by atoms with Crippen LogP contribution in [-0.2, 0) is 10.0 Å². The van der Waals surface area contributed by atoms with Crippen LogP contribution in [0.25, 0.3) is 0 Å². The van der Waals surface area contributed by atoms with E-state index in [9.17, 15) is 21.6 Å². The van der Waals surface area contributed by atoms with Gasteiger partial charge in [0.05, 0.1) is 15.6 Å². The van der Waals surface area contributed by atoms with Crippen LogP contribution in [0.4, 0.5) is 18.9 Å². The fraction of sp³-hybridized carbons (Fsp3) is 0.333. The molecule has 0 aliphatic carbocycles. The van der Waals surface area contributed by atoms with Crippen LogP contribution in [0.5, 0.6) is 0 Å². The summed E-state index contributed by atoms with van der Waals surface area (Å²) in [7, 11) is -4.27. The lowest BCUT2D eigenvalue weighted by molar-refractivity contribution is -0.121. The second-order valence-electron chi connectivity index (χ2n) is 3.58. The molecule has 0 spiro atoms. The first-order chi connectivity index (χ1) is 8.03. The van der Waals surface area contributed by atoms with Crippen molar-refractivity contribution in [2.75, 3.05) is 12.3 Å². The zero-order valence-electron chi connectivity index (χ0n) is 9.18. The van der Waals surface area contributed by atoms with Gasteiger partial charge < -0.3 is 5.73 Å². The van der Waals surface area contributed by atoms with Crippen LogP contribution >= 0.6 is 11.6 Å². The number of hydrogen-bond donors (Lipinski definition) is 2. The molecule has 1 rings (SSSR count). The van der Waals surface area contributed by atoms with E-state index in [1.807, 2.05) is 0 Å². The molecule has 0 heterocycles. The molecular formula is C9H10ClF3N2O2S. The maximum absolute atomic E-state index is 12.0. The summed E-state index contributed by atoms with van der Waals surface area (Å²) in [6, 6.07) is 2.30. The molecule has 1 aromatic carbocycles. The minimum atomic E-state index is -4.63. The molecule has 4 nitrogen and oxygen atoms in total. The van der Waals surface area contributed by atoms with E-state index in [-0.39, 0.29) is 21.2 Å². The number of nitrogens with two attached hydrogens (primary N) is 1. The van der Waals surface area contributed by atoms with Gasteiger partial charge in [-0.1, -0.05) is 11.6 Å². The van der Waals surface area contributed by atoms with Gasteiger partial charge in [-0.05, 0) is 24.6 Å². The molecule has 0 saturated carbocycles. The fourth-order valence-corrected chi connectivity index (χ4v) is 2.70. The Hall–Kier alpha value is -0.990. The lowest BCUT2D eigenvalue weighted by atomic mass is 10.2. The second-order valence-corrected chi connectivity index (χ2v) is 5.72. The quantitative estimate of drug-likeness (QED) is 0.840. The molecule has 3 N–H and O–H groups in total. The first kappa shape index (κ1) is 15.1. The van der Waals surface area contributed by atoms with Gasteiger partial charge in [0.1, 0.15) is 6.54 Å². The number of sulfonamides is 1. The van der Waals surface area contributed by atoms with Crippen molar-refractivity contribution in [2.24, 2.45) is 0 Å². The average Bonchev–Trinajstić information content (AvgIpc) is 2.19. The van der Waals surface area contributed by atoms with E-state index in [4.69, 9.17) is 17.3 Å².